The van der Waals surface area contributed by atoms with Gasteiger partial charge in [-0.3, -0.25) is 4.90 Å². The fourth-order valence-corrected chi connectivity index (χ4v) is 3.23. The molecule has 0 aromatic heterocycles. The lowest BCUT2D eigenvalue weighted by Crippen LogP contribution is -2.42. The van der Waals surface area contributed by atoms with Gasteiger partial charge in [-0.1, -0.05) is 24.2 Å². The summed E-state index contributed by atoms with van der Waals surface area (Å²) in [5.41, 5.74) is 0.267. The van der Waals surface area contributed by atoms with Crippen LogP contribution in [0.4, 0.5) is 9.18 Å². The number of amides is 1. The van der Waals surface area contributed by atoms with E-state index in [4.69, 9.17) is 4.74 Å². The van der Waals surface area contributed by atoms with Gasteiger partial charge in [0.25, 0.3) is 0 Å². The number of oxime groups is 1. The molecule has 1 aliphatic rings. The Bertz CT molecular complexity index is 658. The van der Waals surface area contributed by atoms with E-state index in [1.54, 1.807) is 39.0 Å². The number of hydrogen-bond donors (Lipinski definition) is 1. The molecule has 1 aliphatic heterocycles. The van der Waals surface area contributed by atoms with Crippen LogP contribution in [0.5, 0.6) is 0 Å². The molecule has 132 valence electrons. The van der Waals surface area contributed by atoms with Gasteiger partial charge in [-0.25, -0.2) is 9.18 Å². The van der Waals surface area contributed by atoms with E-state index in [-0.39, 0.29) is 18.2 Å². The van der Waals surface area contributed by atoms with Gasteiger partial charge in [-0.15, -0.1) is 0 Å². The highest BCUT2D eigenvalue weighted by Gasteiger charge is 2.41. The summed E-state index contributed by atoms with van der Waals surface area (Å²) in [7, 11) is 0. The molecule has 1 aromatic carbocycles. The molecule has 5 nitrogen and oxygen atoms in total. The van der Waals surface area contributed by atoms with Crippen molar-refractivity contribution in [1.82, 2.24) is 4.90 Å². The maximum Gasteiger partial charge on any atom is 0.410 e. The van der Waals surface area contributed by atoms with Gasteiger partial charge in [-0.05, 0) is 48.3 Å². The van der Waals surface area contributed by atoms with Crippen LogP contribution in [-0.4, -0.2) is 40.1 Å². The number of halogens is 2. The maximum atomic E-state index is 14.3. The average Bonchev–Trinajstić information content (AvgIpc) is 2.78. The largest absolute Gasteiger partial charge is 0.444 e. The lowest BCUT2D eigenvalue weighted by atomic mass is 9.98. The van der Waals surface area contributed by atoms with Crippen molar-refractivity contribution < 1.29 is 19.1 Å². The highest BCUT2D eigenvalue weighted by molar-refractivity contribution is 9.10. The van der Waals surface area contributed by atoms with Gasteiger partial charge >= 0.3 is 6.09 Å². The minimum atomic E-state index is -0.634. The number of hydrogen-bond acceptors (Lipinski definition) is 4. The van der Waals surface area contributed by atoms with Crippen LogP contribution in [0.1, 0.15) is 33.3 Å². The summed E-state index contributed by atoms with van der Waals surface area (Å²) in [4.78, 5) is 14.0. The molecule has 1 heterocycles. The van der Waals surface area contributed by atoms with Crippen LogP contribution in [-0.2, 0) is 11.2 Å². The van der Waals surface area contributed by atoms with Crippen molar-refractivity contribution in [2.24, 2.45) is 11.1 Å². The molecule has 1 N–H and O–H groups in total. The SMILES string of the molecule is CC1CN(C(=O)OC(C)(C)C)C(Cc2cccc(Br)c2F)C1=NO. The Morgan fingerprint density at radius 1 is 1.50 bits per heavy atom. The Labute approximate surface area is 149 Å². The molecule has 24 heavy (non-hydrogen) atoms. The van der Waals surface area contributed by atoms with Crippen molar-refractivity contribution in [3.63, 3.8) is 0 Å². The second-order valence-corrected chi connectivity index (χ2v) is 7.85. The first-order valence-corrected chi connectivity index (χ1v) is 8.57. The molecule has 7 heteroatoms. The van der Waals surface area contributed by atoms with Gasteiger partial charge in [0.05, 0.1) is 16.2 Å². The molecular weight excluding hydrogens is 379 g/mol. The van der Waals surface area contributed by atoms with E-state index in [1.807, 2.05) is 6.92 Å². The lowest BCUT2D eigenvalue weighted by Gasteiger charge is -2.28. The second kappa shape index (κ2) is 7.09. The van der Waals surface area contributed by atoms with Gasteiger partial charge in [0.15, 0.2) is 0 Å². The standard InChI is InChI=1S/C17H22BrFN2O3/c1-10-9-21(16(22)24-17(2,3)4)13(15(10)20-23)8-11-6-5-7-12(18)14(11)19/h5-7,10,13,23H,8-9H2,1-4H3. The molecule has 1 amide bonds. The fourth-order valence-electron chi connectivity index (χ4n) is 2.82. The molecule has 0 spiro atoms. The number of carbonyl (C=O) groups is 1. The van der Waals surface area contributed by atoms with E-state index in [0.29, 0.717) is 22.3 Å². The third-order valence-electron chi connectivity index (χ3n) is 3.88. The van der Waals surface area contributed by atoms with E-state index < -0.39 is 17.7 Å². The minimum Gasteiger partial charge on any atom is -0.444 e. The Morgan fingerprint density at radius 3 is 2.75 bits per heavy atom. The first-order chi connectivity index (χ1) is 11.1. The molecule has 2 unspecified atom stereocenters. The Kier molecular flexibility index (Phi) is 5.52. The van der Waals surface area contributed by atoms with Gasteiger partial charge < -0.3 is 9.94 Å². The topological polar surface area (TPSA) is 62.1 Å². The molecule has 2 rings (SSSR count). The van der Waals surface area contributed by atoms with Crippen molar-refractivity contribution in [3.05, 3.63) is 34.1 Å². The molecule has 0 radical (unpaired) electrons. The number of benzene rings is 1. The smallest absolute Gasteiger partial charge is 0.410 e. The van der Waals surface area contributed by atoms with Gasteiger partial charge in [0.1, 0.15) is 11.4 Å². The van der Waals surface area contributed by atoms with E-state index in [0.717, 1.165) is 0 Å². The van der Waals surface area contributed by atoms with Crippen LogP contribution in [0, 0.1) is 11.7 Å². The third-order valence-corrected chi connectivity index (χ3v) is 4.49. The van der Waals surface area contributed by atoms with Crippen LogP contribution in [0.25, 0.3) is 0 Å². The summed E-state index contributed by atoms with van der Waals surface area (Å²) in [6.07, 6.45) is -0.276. The molecule has 0 aliphatic carbocycles. The van der Waals surface area contributed by atoms with Crippen LogP contribution in [0.3, 0.4) is 0 Å². The number of carbonyl (C=O) groups excluding carboxylic acids is 1. The third kappa shape index (κ3) is 4.06. The Balaban J connectivity index is 2.31. The lowest BCUT2D eigenvalue weighted by molar-refractivity contribution is 0.0236. The quantitative estimate of drug-likeness (QED) is 0.597. The van der Waals surface area contributed by atoms with Crippen LogP contribution in [0.2, 0.25) is 0 Å². The predicted molar refractivity (Wildman–Crippen MR) is 92.9 cm³/mol. The molecule has 0 saturated carbocycles. The summed E-state index contributed by atoms with van der Waals surface area (Å²) in [5.74, 6) is -0.499. The Hall–Kier alpha value is -1.63. The van der Waals surface area contributed by atoms with E-state index in [1.165, 1.54) is 4.90 Å². The van der Waals surface area contributed by atoms with Crippen molar-refractivity contribution >= 4 is 27.7 Å². The zero-order valence-corrected chi connectivity index (χ0v) is 15.8. The Morgan fingerprint density at radius 2 is 2.17 bits per heavy atom. The van der Waals surface area contributed by atoms with Crippen molar-refractivity contribution in [3.8, 4) is 0 Å². The number of ether oxygens (including phenoxy) is 1. The van der Waals surface area contributed by atoms with Crippen LogP contribution in [0.15, 0.2) is 27.8 Å². The number of likely N-dealkylation sites (tertiary alicyclic amines) is 1. The van der Waals surface area contributed by atoms with E-state index >= 15 is 0 Å². The number of rotatable bonds is 2. The molecule has 1 aromatic rings. The maximum absolute atomic E-state index is 14.3. The zero-order valence-electron chi connectivity index (χ0n) is 14.2. The zero-order chi connectivity index (χ0) is 18.1. The van der Waals surface area contributed by atoms with E-state index in [9.17, 15) is 14.4 Å². The van der Waals surface area contributed by atoms with Crippen LogP contribution < -0.4 is 0 Å². The first kappa shape index (κ1) is 18.7. The molecule has 2 atom stereocenters. The van der Waals surface area contributed by atoms with Crippen molar-refractivity contribution in [2.45, 2.75) is 45.8 Å². The molecule has 0 bridgehead atoms. The summed E-state index contributed by atoms with van der Waals surface area (Å²) in [6, 6.07) is 4.46. The highest BCUT2D eigenvalue weighted by Crippen LogP contribution is 2.28. The normalized spacial score (nSPS) is 22.9. The number of nitrogens with zero attached hydrogens (tertiary/aromatic N) is 2. The van der Waals surface area contributed by atoms with Crippen LogP contribution >= 0.6 is 15.9 Å². The van der Waals surface area contributed by atoms with Gasteiger partial charge in [-0.2, -0.15) is 0 Å². The second-order valence-electron chi connectivity index (χ2n) is 6.99. The highest BCUT2D eigenvalue weighted by atomic mass is 79.9. The van der Waals surface area contributed by atoms with E-state index in [2.05, 4.69) is 21.1 Å². The summed E-state index contributed by atoms with van der Waals surface area (Å²) < 4.78 is 20.1. The fraction of sp³-hybridized carbons (Fsp3) is 0.529. The monoisotopic (exact) mass is 400 g/mol. The first-order valence-electron chi connectivity index (χ1n) is 7.78. The molecular formula is C17H22BrFN2O3. The molecule has 1 saturated heterocycles. The minimum absolute atomic E-state index is 0.122. The molecule has 1 fully saturated rings. The average molecular weight is 401 g/mol. The van der Waals surface area contributed by atoms with Gasteiger partial charge in [0, 0.05) is 18.9 Å². The summed E-state index contributed by atoms with van der Waals surface area (Å²) in [5, 5.41) is 12.7. The summed E-state index contributed by atoms with van der Waals surface area (Å²) in [6.45, 7) is 7.59. The van der Waals surface area contributed by atoms with Gasteiger partial charge in [0.2, 0.25) is 0 Å². The predicted octanol–water partition coefficient (Wildman–Crippen LogP) is 4.22. The van der Waals surface area contributed by atoms with Crippen molar-refractivity contribution in [2.75, 3.05) is 6.54 Å². The van der Waals surface area contributed by atoms with Crippen molar-refractivity contribution in [1.29, 1.82) is 0 Å². The summed E-state index contributed by atoms with van der Waals surface area (Å²) >= 11 is 3.16.